The monoisotopic (exact) mass is 984 g/mol. The minimum atomic E-state index is -2.43. The van der Waals surface area contributed by atoms with Crippen molar-refractivity contribution >= 4 is 29.2 Å². The largest absolute Gasteiger partial charge is 0.460 e. The van der Waals surface area contributed by atoms with Crippen LogP contribution in [0.1, 0.15) is 138 Å². The summed E-state index contributed by atoms with van der Waals surface area (Å²) in [6.07, 6.45) is 14.3. The highest BCUT2D eigenvalue weighted by Gasteiger charge is 2.53. The smallest absolute Gasteiger partial charge is 0.329 e. The van der Waals surface area contributed by atoms with Gasteiger partial charge >= 0.3 is 5.97 Å². The molecule has 3 aliphatic heterocycles. The highest BCUT2D eigenvalue weighted by atomic mass is 16.6. The van der Waals surface area contributed by atoms with E-state index >= 15 is 0 Å². The fourth-order valence-corrected chi connectivity index (χ4v) is 10.8. The third-order valence-electron chi connectivity index (χ3n) is 15.5. The molecule has 15 heteroatoms. The average molecular weight is 984 g/mol. The molecule has 15 nitrogen and oxygen atoms in total. The molecule has 5 rings (SSSR count). The highest BCUT2D eigenvalue weighted by Crippen LogP contribution is 2.39. The summed E-state index contributed by atoms with van der Waals surface area (Å²) >= 11 is 0. The molecule has 5 aliphatic rings. The number of piperidine rings is 1. The Labute approximate surface area is 416 Å². The van der Waals surface area contributed by atoms with Gasteiger partial charge in [-0.1, -0.05) is 71.1 Å². The Morgan fingerprint density at radius 3 is 2.29 bits per heavy atom. The van der Waals surface area contributed by atoms with Crippen LogP contribution in [0.3, 0.4) is 0 Å². The molecule has 394 valence electrons. The zero-order valence-corrected chi connectivity index (χ0v) is 43.4. The Kier molecular flexibility index (Phi) is 22.2. The number of ketones is 3. The van der Waals surface area contributed by atoms with Gasteiger partial charge in [0.05, 0.1) is 43.7 Å². The molecule has 1 amide bonds. The SMILES string of the molecule is CO[C@@H]1C[C@H](C[C@@H](C)[C@@H]2CC(=O)[C@H](C)/C=C(\C)[C@@H](O)[C@@H](OC)C(=O)[C@H](C)C[C@H](C)/C=C/C=C/C=C(\C)[C@H](OC3CC3)C[C@@H]3CC[C@@H](C)[C@@](O)(O3)C(=O)C(=O)N3CCCC[C@H]3C(=O)O2)CC[C@H]1OCCO. The van der Waals surface area contributed by atoms with Crippen molar-refractivity contribution in [3.63, 3.8) is 0 Å². The van der Waals surface area contributed by atoms with E-state index in [9.17, 15) is 39.3 Å². The molecule has 0 aromatic rings. The van der Waals surface area contributed by atoms with Gasteiger partial charge in [0.25, 0.3) is 11.7 Å². The van der Waals surface area contributed by atoms with E-state index in [4.69, 9.17) is 28.4 Å². The first kappa shape index (κ1) is 57.5. The van der Waals surface area contributed by atoms with Crippen LogP contribution in [0.25, 0.3) is 0 Å². The second-order valence-corrected chi connectivity index (χ2v) is 21.3. The number of Topliss-reactive ketones (excluding diaryl/α,β-unsaturated/α-hetero) is 3. The van der Waals surface area contributed by atoms with Gasteiger partial charge in [-0.15, -0.1) is 0 Å². The number of rotatable bonds is 10. The Morgan fingerprint density at radius 2 is 1.60 bits per heavy atom. The van der Waals surface area contributed by atoms with Gasteiger partial charge in [-0.3, -0.25) is 19.2 Å². The molecule has 2 saturated carbocycles. The van der Waals surface area contributed by atoms with Crippen LogP contribution in [-0.4, -0.2) is 144 Å². The van der Waals surface area contributed by atoms with Gasteiger partial charge in [0.2, 0.25) is 5.79 Å². The van der Waals surface area contributed by atoms with Gasteiger partial charge in [-0.25, -0.2) is 4.79 Å². The molecule has 3 N–H and O–H groups in total. The Balaban J connectivity index is 1.46. The Morgan fingerprint density at radius 1 is 0.857 bits per heavy atom. The predicted molar refractivity (Wildman–Crippen MR) is 263 cm³/mol. The van der Waals surface area contributed by atoms with Crippen LogP contribution in [0, 0.1) is 35.5 Å². The number of nitrogens with zero attached hydrogens (tertiary/aromatic N) is 1. The molecule has 2 bridgehead atoms. The van der Waals surface area contributed by atoms with E-state index < -0.39 is 71.7 Å². The number of esters is 1. The molecule has 70 heavy (non-hydrogen) atoms. The van der Waals surface area contributed by atoms with E-state index in [0.29, 0.717) is 63.4 Å². The van der Waals surface area contributed by atoms with E-state index in [1.807, 2.05) is 58.1 Å². The van der Waals surface area contributed by atoms with Crippen molar-refractivity contribution in [3.05, 3.63) is 47.6 Å². The van der Waals surface area contributed by atoms with Crippen molar-refractivity contribution in [1.29, 1.82) is 0 Å². The van der Waals surface area contributed by atoms with Crippen molar-refractivity contribution in [2.75, 3.05) is 34.0 Å². The lowest BCUT2D eigenvalue weighted by molar-refractivity contribution is -0.266. The summed E-state index contributed by atoms with van der Waals surface area (Å²) in [6, 6.07) is -1.14. The zero-order chi connectivity index (χ0) is 51.3. The first-order valence-corrected chi connectivity index (χ1v) is 26.2. The number of cyclic esters (lactones) is 1. The number of aliphatic hydroxyl groups is 3. The molecule has 0 unspecified atom stereocenters. The quantitative estimate of drug-likeness (QED) is 0.118. The van der Waals surface area contributed by atoms with Crippen LogP contribution in [0.2, 0.25) is 0 Å². The molecule has 3 heterocycles. The molecule has 4 fully saturated rings. The summed E-state index contributed by atoms with van der Waals surface area (Å²) in [5.74, 6) is -7.90. The van der Waals surface area contributed by atoms with Gasteiger partial charge in [-0.2, -0.15) is 0 Å². The first-order valence-electron chi connectivity index (χ1n) is 26.2. The first-order chi connectivity index (χ1) is 33.3. The maximum Gasteiger partial charge on any atom is 0.329 e. The molecule has 0 aromatic heterocycles. The van der Waals surface area contributed by atoms with Crippen LogP contribution in [0.5, 0.6) is 0 Å². The molecule has 15 atom stereocenters. The Hall–Kier alpha value is -3.41. The molecule has 0 radical (unpaired) electrons. The highest BCUT2D eigenvalue weighted by molar-refractivity contribution is 6.39. The number of methoxy groups -OCH3 is 2. The number of amides is 1. The van der Waals surface area contributed by atoms with E-state index in [0.717, 1.165) is 24.8 Å². The molecular weight excluding hydrogens is 899 g/mol. The number of carbonyl (C=O) groups is 5. The number of ether oxygens (including phenoxy) is 6. The lowest BCUT2D eigenvalue weighted by Gasteiger charge is -2.43. The second kappa shape index (κ2) is 27.0. The number of hydrogen-bond donors (Lipinski definition) is 3. The normalized spacial score (nSPS) is 39.5. The summed E-state index contributed by atoms with van der Waals surface area (Å²) in [6.45, 7) is 13.0. The lowest BCUT2D eigenvalue weighted by atomic mass is 9.78. The number of hydrogen-bond acceptors (Lipinski definition) is 14. The fourth-order valence-electron chi connectivity index (χ4n) is 10.8. The second-order valence-electron chi connectivity index (χ2n) is 21.3. The van der Waals surface area contributed by atoms with Crippen LogP contribution >= 0.6 is 0 Å². The molecule has 0 spiro atoms. The van der Waals surface area contributed by atoms with Crippen molar-refractivity contribution in [1.82, 2.24) is 4.90 Å². The number of fused-ring (bicyclic) bond motifs is 3. The third kappa shape index (κ3) is 15.6. The molecule has 2 saturated heterocycles. The van der Waals surface area contributed by atoms with Crippen molar-refractivity contribution in [2.24, 2.45) is 35.5 Å². The summed E-state index contributed by atoms with van der Waals surface area (Å²) < 4.78 is 36.3. The van der Waals surface area contributed by atoms with Crippen molar-refractivity contribution in [3.8, 4) is 0 Å². The van der Waals surface area contributed by atoms with Crippen LogP contribution in [0.15, 0.2) is 47.6 Å². The fraction of sp³-hybridized carbons (Fsp3) is 0.764. The summed E-state index contributed by atoms with van der Waals surface area (Å²) in [5, 5.41) is 33.0. The predicted octanol–water partition coefficient (Wildman–Crippen LogP) is 6.73. The summed E-state index contributed by atoms with van der Waals surface area (Å²) in [5.41, 5.74) is 1.32. The summed E-state index contributed by atoms with van der Waals surface area (Å²) in [7, 11) is 3.02. The average Bonchev–Trinajstić information content (AvgIpc) is 4.17. The maximum atomic E-state index is 14.5. The van der Waals surface area contributed by atoms with Crippen LogP contribution in [-0.2, 0) is 52.4 Å². The van der Waals surface area contributed by atoms with Crippen LogP contribution < -0.4 is 0 Å². The van der Waals surface area contributed by atoms with Gasteiger partial charge in [0, 0.05) is 51.4 Å². The van der Waals surface area contributed by atoms with Gasteiger partial charge in [0.1, 0.15) is 30.1 Å². The topological polar surface area (TPSA) is 205 Å². The number of aliphatic hydroxyl groups excluding tert-OH is 2. The third-order valence-corrected chi connectivity index (χ3v) is 15.5. The van der Waals surface area contributed by atoms with Gasteiger partial charge < -0.3 is 48.6 Å². The lowest BCUT2D eigenvalue weighted by Crippen LogP contribution is -2.61. The van der Waals surface area contributed by atoms with Gasteiger partial charge in [0.15, 0.2) is 5.78 Å². The molecular formula is C55H85NO14. The maximum absolute atomic E-state index is 14.5. The summed E-state index contributed by atoms with van der Waals surface area (Å²) in [4.78, 5) is 72.5. The van der Waals surface area contributed by atoms with E-state index in [2.05, 4.69) is 0 Å². The number of allylic oxidation sites excluding steroid dienone is 6. The van der Waals surface area contributed by atoms with Crippen molar-refractivity contribution in [2.45, 2.75) is 199 Å². The van der Waals surface area contributed by atoms with E-state index in [1.165, 1.54) is 12.0 Å². The number of carbonyl (C=O) groups excluding carboxylic acids is 5. The van der Waals surface area contributed by atoms with E-state index in [-0.39, 0.29) is 86.3 Å². The minimum absolute atomic E-state index is 0.0197. The standard InChI is InChI=1S/C55H85NO14/c1-33-15-11-10-12-16-34(2)46(68-41-21-22-41)31-42-20-18-39(7)55(64,70-42)52(61)53(62)56-24-14-13-17-43(56)54(63)69-47(36(4)29-40-19-23-45(67-26-25-57)48(30-40)65-8)32-44(58)35(3)28-38(6)50(60)51(66-9)49(59)37(5)27-33/h10-12,15-16,28,33,35-37,39-43,45-48,50-51,57,60,64H,13-14,17-27,29-32H2,1-9H3/b12-10+,15-11+,34-16+,38-28+/t33-,35-,36-,37-,39-,40+,42+,43+,45-,46-,47+,48-,50-,51+,55-/m1/s1. The zero-order valence-electron chi connectivity index (χ0n) is 43.4. The van der Waals surface area contributed by atoms with E-state index in [1.54, 1.807) is 34.0 Å². The van der Waals surface area contributed by atoms with Gasteiger partial charge in [-0.05, 0) is 120 Å². The molecule has 2 aliphatic carbocycles. The molecule has 0 aromatic carbocycles. The van der Waals surface area contributed by atoms with Crippen molar-refractivity contribution < 1.29 is 67.7 Å². The Bertz CT molecular complexity index is 1890. The van der Waals surface area contributed by atoms with Crippen LogP contribution in [0.4, 0.5) is 0 Å². The minimum Gasteiger partial charge on any atom is -0.460 e.